The number of carbonyl (C=O) groups is 1. The van der Waals surface area contributed by atoms with Crippen molar-refractivity contribution < 1.29 is 39.8 Å². The SMILES string of the molecule is C=C(C=CC=C(COCC(O)CO)C1CCC2(C1O)C1C(=C(C)C=O)C(C=CC1CCO)CC2(O)CCNC)C1CC=C(C)CNC(CCNC)(CCOC)Cc2cccc(c2)C1. The lowest BCUT2D eigenvalue weighted by Crippen LogP contribution is -2.65. The minimum Gasteiger partial charge on any atom is -0.396 e. The van der Waals surface area contributed by atoms with Crippen molar-refractivity contribution in [3.05, 3.63) is 106 Å². The molecule has 5 rings (SSSR count). The second-order valence-corrected chi connectivity index (χ2v) is 19.1. The highest BCUT2D eigenvalue weighted by molar-refractivity contribution is 5.74. The summed E-state index contributed by atoms with van der Waals surface area (Å²) < 4.78 is 11.6. The molecule has 8 N–H and O–H groups in total. The van der Waals surface area contributed by atoms with E-state index in [0.717, 1.165) is 68.2 Å². The van der Waals surface area contributed by atoms with Gasteiger partial charge in [-0.2, -0.15) is 0 Å². The van der Waals surface area contributed by atoms with Gasteiger partial charge in [-0.25, -0.2) is 0 Å². The summed E-state index contributed by atoms with van der Waals surface area (Å²) >= 11 is 0. The minimum atomic E-state index is -1.27. The van der Waals surface area contributed by atoms with Crippen molar-refractivity contribution >= 4 is 6.29 Å². The van der Waals surface area contributed by atoms with E-state index in [1.807, 2.05) is 33.2 Å². The van der Waals surface area contributed by atoms with Crippen LogP contribution in [-0.4, -0.2) is 129 Å². The first-order valence-electron chi connectivity index (χ1n) is 23.4. The fourth-order valence-corrected chi connectivity index (χ4v) is 11.5. The maximum absolute atomic E-state index is 13.0. The molecule has 1 spiro atoms. The number of hydrogen-bond acceptors (Lipinski definition) is 11. The van der Waals surface area contributed by atoms with E-state index in [4.69, 9.17) is 9.47 Å². The van der Waals surface area contributed by atoms with Crippen LogP contribution in [0, 0.1) is 35.0 Å². The molecule has 1 heterocycles. The number of aliphatic hydroxyl groups is 5. The van der Waals surface area contributed by atoms with Crippen molar-refractivity contribution in [2.24, 2.45) is 35.0 Å². The van der Waals surface area contributed by atoms with Crippen molar-refractivity contribution in [2.45, 2.75) is 101 Å². The van der Waals surface area contributed by atoms with Gasteiger partial charge in [0.1, 0.15) is 12.4 Å². The highest BCUT2D eigenvalue weighted by Gasteiger charge is 2.68. The van der Waals surface area contributed by atoms with Crippen LogP contribution >= 0.6 is 0 Å². The monoisotopic (exact) mass is 874 g/mol. The number of ether oxygens (including phenoxy) is 2. The molecule has 2 saturated carbocycles. The number of rotatable bonds is 21. The number of benzene rings is 1. The number of aliphatic hydroxyl groups excluding tert-OH is 4. The van der Waals surface area contributed by atoms with Gasteiger partial charge in [0.05, 0.1) is 31.5 Å². The maximum Gasteiger partial charge on any atom is 0.145 e. The van der Waals surface area contributed by atoms with Crippen LogP contribution in [0.25, 0.3) is 0 Å². The Balaban J connectivity index is 1.48. The predicted molar refractivity (Wildman–Crippen MR) is 251 cm³/mol. The van der Waals surface area contributed by atoms with E-state index in [9.17, 15) is 30.3 Å². The number of methoxy groups -OCH3 is 1. The number of allylic oxidation sites excluding steroid dienone is 9. The van der Waals surface area contributed by atoms with Crippen LogP contribution in [0.3, 0.4) is 0 Å². The predicted octanol–water partition coefficient (Wildman–Crippen LogP) is 4.94. The van der Waals surface area contributed by atoms with Crippen LogP contribution in [0.15, 0.2) is 95.2 Å². The number of fused-ring (bicyclic) bond motifs is 5. The van der Waals surface area contributed by atoms with Gasteiger partial charge < -0.3 is 51.0 Å². The molecule has 0 radical (unpaired) electrons. The van der Waals surface area contributed by atoms with Crippen LogP contribution < -0.4 is 16.0 Å². The van der Waals surface area contributed by atoms with Gasteiger partial charge in [-0.1, -0.05) is 84.0 Å². The Labute approximate surface area is 377 Å². The normalized spacial score (nSPS) is 32.6. The van der Waals surface area contributed by atoms with Gasteiger partial charge in [-0.15, -0.1) is 0 Å². The van der Waals surface area contributed by atoms with Crippen molar-refractivity contribution in [1.29, 1.82) is 0 Å². The van der Waals surface area contributed by atoms with Crippen LogP contribution in [0.4, 0.5) is 0 Å². The van der Waals surface area contributed by atoms with E-state index in [1.165, 1.54) is 16.7 Å². The first kappa shape index (κ1) is 50.9. The minimum absolute atomic E-state index is 0.0553. The second-order valence-electron chi connectivity index (χ2n) is 19.1. The molecular formula is C52H79N3O8. The van der Waals surface area contributed by atoms with Crippen molar-refractivity contribution in [1.82, 2.24) is 16.0 Å². The number of hydrogen-bond donors (Lipinski definition) is 8. The summed E-state index contributed by atoms with van der Waals surface area (Å²) in [6.07, 6.45) is 18.2. The van der Waals surface area contributed by atoms with E-state index in [2.05, 4.69) is 78.0 Å². The van der Waals surface area contributed by atoms with Gasteiger partial charge in [0.25, 0.3) is 0 Å². The smallest absolute Gasteiger partial charge is 0.145 e. The van der Waals surface area contributed by atoms with E-state index >= 15 is 0 Å². The Hall–Kier alpha value is -3.07. The van der Waals surface area contributed by atoms with E-state index < -0.39 is 35.7 Å². The molecule has 4 bridgehead atoms. The van der Waals surface area contributed by atoms with Gasteiger partial charge in [0, 0.05) is 49.7 Å². The average molecular weight is 874 g/mol. The molecule has 63 heavy (non-hydrogen) atoms. The average Bonchev–Trinajstić information content (AvgIpc) is 3.63. The van der Waals surface area contributed by atoms with Crippen molar-refractivity contribution in [2.75, 3.05) is 73.9 Å². The Bertz CT molecular complexity index is 1810. The Morgan fingerprint density at radius 3 is 2.59 bits per heavy atom. The second kappa shape index (κ2) is 23.9. The van der Waals surface area contributed by atoms with Crippen molar-refractivity contribution in [3.8, 4) is 0 Å². The highest BCUT2D eigenvalue weighted by Crippen LogP contribution is 2.67. The molecule has 0 amide bonds. The van der Waals surface area contributed by atoms with Gasteiger partial charge >= 0.3 is 0 Å². The Kier molecular flexibility index (Phi) is 19.3. The topological polar surface area (TPSA) is 173 Å². The molecule has 0 saturated heterocycles. The lowest BCUT2D eigenvalue weighted by Gasteiger charge is -2.61. The summed E-state index contributed by atoms with van der Waals surface area (Å²) in [6, 6.07) is 8.94. The van der Waals surface area contributed by atoms with Crippen LogP contribution in [0.5, 0.6) is 0 Å². The summed E-state index contributed by atoms with van der Waals surface area (Å²) in [5.74, 6) is -0.943. The van der Waals surface area contributed by atoms with E-state index in [1.54, 1.807) is 7.11 Å². The lowest BCUT2D eigenvalue weighted by atomic mass is 9.45. The summed E-state index contributed by atoms with van der Waals surface area (Å²) in [5.41, 5.74) is 4.83. The van der Waals surface area contributed by atoms with Gasteiger partial charge in [-0.3, -0.25) is 4.79 Å². The maximum atomic E-state index is 13.0. The molecule has 1 aliphatic heterocycles. The third kappa shape index (κ3) is 12.0. The molecule has 11 heteroatoms. The zero-order valence-electron chi connectivity index (χ0n) is 38.8. The molecule has 350 valence electrons. The van der Waals surface area contributed by atoms with Gasteiger partial charge in [0.2, 0.25) is 0 Å². The van der Waals surface area contributed by atoms with E-state index in [-0.39, 0.29) is 49.0 Å². The molecule has 1 aromatic rings. The zero-order chi connectivity index (χ0) is 45.6. The summed E-state index contributed by atoms with van der Waals surface area (Å²) in [4.78, 5) is 12.5. The van der Waals surface area contributed by atoms with Crippen LogP contribution in [-0.2, 0) is 27.1 Å². The van der Waals surface area contributed by atoms with Crippen LogP contribution in [0.2, 0.25) is 0 Å². The first-order valence-corrected chi connectivity index (χ1v) is 23.4. The van der Waals surface area contributed by atoms with E-state index in [0.29, 0.717) is 50.8 Å². The summed E-state index contributed by atoms with van der Waals surface area (Å²) in [5, 5.41) is 66.5. The molecule has 11 nitrogen and oxygen atoms in total. The zero-order valence-corrected chi connectivity index (χ0v) is 38.8. The molecule has 0 aromatic heterocycles. The molecule has 4 aliphatic rings. The molecule has 10 unspecified atom stereocenters. The fourth-order valence-electron chi connectivity index (χ4n) is 11.5. The van der Waals surface area contributed by atoms with Crippen LogP contribution in [0.1, 0.15) is 76.3 Å². The lowest BCUT2D eigenvalue weighted by molar-refractivity contribution is -0.194. The number of nitrogens with one attached hydrogen (secondary N) is 3. The van der Waals surface area contributed by atoms with Crippen molar-refractivity contribution in [3.63, 3.8) is 0 Å². The van der Waals surface area contributed by atoms with Gasteiger partial charge in [-0.05, 0) is 145 Å². The number of carbonyl (C=O) groups excluding carboxylic acids is 1. The summed E-state index contributed by atoms with van der Waals surface area (Å²) in [6.45, 7) is 11.1. The first-order chi connectivity index (χ1) is 30.3. The molecule has 1 aromatic carbocycles. The third-order valence-electron chi connectivity index (χ3n) is 15.0. The quantitative estimate of drug-likeness (QED) is 0.0364. The standard InChI is InChI=1S/C52H79N3O8/c1-36-13-14-42(28-39-10-8-11-40(27-39)29-50(55-31-36,20-23-53-4)22-26-62-6)37(2)9-7-12-44(34-63-35-45(59)33-58)46-17-19-52(49(46)60)48-41(18-25-56)15-16-43(47(48)38(3)32-57)30-51(52,61)21-24-54-5/h7-13,15-16,27,32,41-43,45-46,48-49,53-56,58-61H,2,14,17-26,28-31,33-35H2,1,3-6H3. The largest absolute Gasteiger partial charge is 0.396 e. The summed E-state index contributed by atoms with van der Waals surface area (Å²) in [7, 11) is 5.63. The Morgan fingerprint density at radius 2 is 1.87 bits per heavy atom. The van der Waals surface area contributed by atoms with Gasteiger partial charge in [0.15, 0.2) is 0 Å². The molecular weight excluding hydrogens is 795 g/mol. The Morgan fingerprint density at radius 1 is 1.11 bits per heavy atom. The molecule has 3 aliphatic carbocycles. The fraction of sp³-hybridized carbons (Fsp3) is 0.635. The highest BCUT2D eigenvalue weighted by atomic mass is 16.5. The third-order valence-corrected chi connectivity index (χ3v) is 15.0. The molecule has 2 fully saturated rings. The number of aldehydes is 1. The molecule has 10 atom stereocenters.